The number of isocyanates is 1. The normalized spacial score (nSPS) is 11.6. The molecule has 1 aliphatic rings. The predicted octanol–water partition coefficient (Wildman–Crippen LogP) is 6.02. The summed E-state index contributed by atoms with van der Waals surface area (Å²) >= 11 is 6.86. The van der Waals surface area contributed by atoms with Gasteiger partial charge in [0.05, 0.1) is 105 Å². The van der Waals surface area contributed by atoms with E-state index in [1.54, 1.807) is 0 Å². The van der Waals surface area contributed by atoms with Gasteiger partial charge < -0.3 is 52.8 Å². The number of esters is 1. The third-order valence-corrected chi connectivity index (χ3v) is 9.85. The Bertz CT molecular complexity index is 1390. The number of cyclic esters (lactones) is 1. The van der Waals surface area contributed by atoms with Crippen LogP contribution in [-0.2, 0) is 85.8 Å². The number of carboxylic acid groups (broad SMARTS) is 2. The van der Waals surface area contributed by atoms with E-state index in [1.807, 2.05) is 20.8 Å². The van der Waals surface area contributed by atoms with Crippen LogP contribution in [0.25, 0.3) is 0 Å². The van der Waals surface area contributed by atoms with Gasteiger partial charge in [0.1, 0.15) is 37.2 Å². The molecule has 416 valence electrons. The van der Waals surface area contributed by atoms with Crippen LogP contribution >= 0.6 is 31.9 Å². The molecule has 0 bridgehead atoms. The molecule has 1 saturated heterocycles. The minimum absolute atomic E-state index is 0.00739. The maximum absolute atomic E-state index is 11.9. The van der Waals surface area contributed by atoms with Gasteiger partial charge in [-0.25, -0.2) is 14.6 Å². The second kappa shape index (κ2) is 51.7. The van der Waals surface area contributed by atoms with Crippen molar-refractivity contribution in [3.05, 3.63) is 0 Å². The molecule has 0 aliphatic carbocycles. The molecule has 0 atom stereocenters. The van der Waals surface area contributed by atoms with E-state index >= 15 is 0 Å². The Balaban J connectivity index is -0.000000249. The maximum atomic E-state index is 11.9. The fraction of sp³-hybridized carbons (Fsp3) is 0.812. The zero-order valence-corrected chi connectivity index (χ0v) is 47.3. The molecular weight excluding hydrogens is 1070 g/mol. The molecule has 1 fully saturated rings. The van der Waals surface area contributed by atoms with Gasteiger partial charge in [-0.3, -0.25) is 33.6 Å². The Labute approximate surface area is 438 Å². The molecule has 0 aromatic heterocycles. The summed E-state index contributed by atoms with van der Waals surface area (Å²) in [5.74, 6) is -1.41. The molecular formula is C48H85Br2NO20. The van der Waals surface area contributed by atoms with E-state index in [4.69, 9.17) is 43.4 Å². The second-order valence-electron chi connectivity index (χ2n) is 17.3. The van der Waals surface area contributed by atoms with Gasteiger partial charge in [0.25, 0.3) is 0 Å². The number of carbonyl (C=O) groups is 8. The molecule has 21 nitrogen and oxygen atoms in total. The molecule has 1 heterocycles. The van der Waals surface area contributed by atoms with Crippen molar-refractivity contribution in [2.45, 2.75) is 119 Å². The van der Waals surface area contributed by atoms with E-state index < -0.39 is 11.9 Å². The van der Waals surface area contributed by atoms with E-state index in [0.29, 0.717) is 111 Å². The number of rotatable bonds is 35. The first-order chi connectivity index (χ1) is 33.1. The van der Waals surface area contributed by atoms with Gasteiger partial charge in [0, 0.05) is 40.8 Å². The van der Waals surface area contributed by atoms with Crippen LogP contribution < -0.4 is 0 Å². The van der Waals surface area contributed by atoms with Crippen LogP contribution in [0, 0.1) is 10.8 Å². The summed E-state index contributed by atoms with van der Waals surface area (Å²) in [6.45, 7) is 26.5. The van der Waals surface area contributed by atoms with Gasteiger partial charge in [-0.15, -0.1) is 0 Å². The summed E-state index contributed by atoms with van der Waals surface area (Å²) in [6, 6.07) is 0. The molecule has 0 aromatic rings. The van der Waals surface area contributed by atoms with Crippen LogP contribution in [0.5, 0.6) is 0 Å². The van der Waals surface area contributed by atoms with Crippen LogP contribution in [0.1, 0.15) is 115 Å². The zero-order chi connectivity index (χ0) is 55.6. The molecule has 2 N–H and O–H groups in total. The number of carbonyl (C=O) groups excluding carboxylic acids is 7. The summed E-state index contributed by atoms with van der Waals surface area (Å²) in [5, 5.41) is 17.2. The fourth-order valence-electron chi connectivity index (χ4n) is 3.73. The number of aliphatic imine (C=N–C) groups is 1. The molecule has 1 rings (SSSR count). The lowest BCUT2D eigenvalue weighted by molar-refractivity contribution is -0.143. The molecule has 0 amide bonds. The van der Waals surface area contributed by atoms with Gasteiger partial charge in [0.2, 0.25) is 6.08 Å². The van der Waals surface area contributed by atoms with Crippen molar-refractivity contribution in [1.82, 2.24) is 0 Å². The summed E-state index contributed by atoms with van der Waals surface area (Å²) in [7, 11) is 0. The lowest BCUT2D eigenvalue weighted by atomic mass is 9.73. The number of aliphatic carboxylic acids is 2. The minimum Gasteiger partial charge on any atom is -0.481 e. The van der Waals surface area contributed by atoms with Crippen LogP contribution in [0.3, 0.4) is 0 Å². The fourth-order valence-corrected chi connectivity index (χ4v) is 4.10. The maximum Gasteiger partial charge on any atom is 0.329 e. The molecule has 0 saturated carbocycles. The highest BCUT2D eigenvalue weighted by atomic mass is 79.9. The van der Waals surface area contributed by atoms with E-state index in [0.717, 1.165) is 11.8 Å². The van der Waals surface area contributed by atoms with Crippen molar-refractivity contribution in [2.75, 3.05) is 124 Å². The Morgan fingerprint density at radius 1 is 0.577 bits per heavy atom. The minimum atomic E-state index is -1.01. The van der Waals surface area contributed by atoms with Crippen LogP contribution in [0.2, 0.25) is 0 Å². The zero-order valence-electron chi connectivity index (χ0n) is 44.1. The molecule has 71 heavy (non-hydrogen) atoms. The number of nitrogens with zero attached hydrogens (tertiary/aromatic N) is 1. The quantitative estimate of drug-likeness (QED) is 0.0241. The SMILES string of the molecule is CC(=O)CCOCCOCCC(=O)O.CC(=O)CCOCCOCCN=C=O.CC(=O)COCCOCC(=O)O.CC(=O)COCCOCCBr.CC(C)(C)C(=O)CC(C)(C)C(C)(C)Br.O=C1CCCO1. The number of Topliss-reactive ketones (excluding diaryl/α,β-unsaturated/α-hetero) is 5. The molecule has 23 heteroatoms. The Morgan fingerprint density at radius 2 is 0.972 bits per heavy atom. The van der Waals surface area contributed by atoms with E-state index in [9.17, 15) is 43.2 Å². The lowest BCUT2D eigenvalue weighted by Gasteiger charge is -2.38. The van der Waals surface area contributed by atoms with Crippen molar-refractivity contribution < 1.29 is 96.0 Å². The van der Waals surface area contributed by atoms with Gasteiger partial charge in [-0.1, -0.05) is 66.5 Å². The van der Waals surface area contributed by atoms with Crippen LogP contribution in [-0.4, -0.2) is 192 Å². The standard InChI is InChI=1S/C12H23BrO.C9H15NO4.C9H16O5.C7H13BrO3.C7H12O5.C4H6O2/c1-10(2,3)9(14)8-11(4,5)12(6,7)13;1-9(12)2-4-13-6-7-14-5-3-10-8-11;1-8(10)2-4-13-6-7-14-5-3-9(11)12;1-7(9)6-11-5-4-10-3-2-8;1-6(8)4-11-2-3-12-5-7(9)10;5-4-2-1-3-6-4/h8H2,1-7H3;2-7H2,1H3;2-7H2,1H3,(H,11,12);2-6H2,1H3;2-5H2,1H3,(H,9,10);1-3H2. The van der Waals surface area contributed by atoms with Crippen molar-refractivity contribution >= 4 is 84.8 Å². The lowest BCUT2D eigenvalue weighted by Crippen LogP contribution is -2.37. The van der Waals surface area contributed by atoms with Crippen molar-refractivity contribution in [3.8, 4) is 0 Å². The second-order valence-corrected chi connectivity index (χ2v) is 20.0. The summed E-state index contributed by atoms with van der Waals surface area (Å²) < 4.78 is 44.2. The summed E-state index contributed by atoms with van der Waals surface area (Å²) in [6.07, 6.45) is 4.44. The average Bonchev–Trinajstić information content (AvgIpc) is 3.74. The van der Waals surface area contributed by atoms with E-state index in [1.165, 1.54) is 33.8 Å². The smallest absolute Gasteiger partial charge is 0.329 e. The van der Waals surface area contributed by atoms with E-state index in [2.05, 4.69) is 74.0 Å². The predicted molar refractivity (Wildman–Crippen MR) is 271 cm³/mol. The number of halogens is 2. The number of alkyl halides is 2. The topological polar surface area (TPSA) is 290 Å². The molecule has 0 aromatic carbocycles. The number of hydrogen-bond donors (Lipinski definition) is 2. The van der Waals surface area contributed by atoms with Crippen molar-refractivity contribution in [2.24, 2.45) is 15.8 Å². The first kappa shape index (κ1) is 76.7. The largest absolute Gasteiger partial charge is 0.481 e. The number of carboxylic acids is 2. The van der Waals surface area contributed by atoms with Gasteiger partial charge in [0.15, 0.2) is 11.6 Å². The Kier molecular flexibility index (Phi) is 55.8. The first-order valence-electron chi connectivity index (χ1n) is 23.1. The number of ether oxygens (including phenoxy) is 9. The Morgan fingerprint density at radius 3 is 1.27 bits per heavy atom. The highest BCUT2D eigenvalue weighted by Gasteiger charge is 2.38. The number of hydrogen-bond acceptors (Lipinski definition) is 19. The molecule has 1 aliphatic heterocycles. The molecule has 0 radical (unpaired) electrons. The average molecular weight is 1160 g/mol. The van der Waals surface area contributed by atoms with E-state index in [-0.39, 0.29) is 90.3 Å². The van der Waals surface area contributed by atoms with Gasteiger partial charge in [-0.2, -0.15) is 0 Å². The summed E-state index contributed by atoms with van der Waals surface area (Å²) in [5.41, 5.74) is -0.243. The van der Waals surface area contributed by atoms with Crippen molar-refractivity contribution in [1.29, 1.82) is 0 Å². The molecule has 0 unspecified atom stereocenters. The molecule has 0 spiro atoms. The summed E-state index contributed by atoms with van der Waals surface area (Å²) in [4.78, 5) is 96.5. The Hall–Kier alpha value is -3.22. The third kappa shape index (κ3) is 71.1. The van der Waals surface area contributed by atoms with Crippen LogP contribution in [0.4, 0.5) is 0 Å². The number of ketones is 5. The monoisotopic (exact) mass is 1150 g/mol. The third-order valence-electron chi connectivity index (χ3n) is 8.45. The van der Waals surface area contributed by atoms with Crippen LogP contribution in [0.15, 0.2) is 4.99 Å². The highest BCUT2D eigenvalue weighted by molar-refractivity contribution is 9.10. The highest BCUT2D eigenvalue weighted by Crippen LogP contribution is 2.42. The van der Waals surface area contributed by atoms with Gasteiger partial charge in [-0.05, 0) is 53.4 Å². The van der Waals surface area contributed by atoms with Gasteiger partial charge >= 0.3 is 17.9 Å². The van der Waals surface area contributed by atoms with Crippen molar-refractivity contribution in [3.63, 3.8) is 0 Å². The first-order valence-corrected chi connectivity index (χ1v) is 25.0.